The number of hydrogen-bond acceptors (Lipinski definition) is 5. The number of aliphatic hydroxyl groups is 1. The van der Waals surface area contributed by atoms with Gasteiger partial charge in [-0.05, 0) is 26.8 Å². The maximum atomic E-state index is 11.8. The molecule has 1 heterocycles. The van der Waals surface area contributed by atoms with Crippen molar-refractivity contribution in [2.75, 3.05) is 0 Å². The molecule has 1 aromatic heterocycles. The summed E-state index contributed by atoms with van der Waals surface area (Å²) in [7, 11) is 0. The molecule has 0 bridgehead atoms. The van der Waals surface area contributed by atoms with E-state index in [-0.39, 0.29) is 20.9 Å². The molecule has 1 aromatic rings. The Balaban J connectivity index is 3.01. The summed E-state index contributed by atoms with van der Waals surface area (Å²) in [4.78, 5) is 15.6. The van der Waals surface area contributed by atoms with Gasteiger partial charge >= 0.3 is 5.97 Å². The van der Waals surface area contributed by atoms with Crippen molar-refractivity contribution in [3.63, 3.8) is 0 Å². The second kappa shape index (κ2) is 6.45. The zero-order valence-corrected chi connectivity index (χ0v) is 13.4. The summed E-state index contributed by atoms with van der Waals surface area (Å²) in [6.45, 7) is 5.06. The van der Waals surface area contributed by atoms with E-state index >= 15 is 0 Å². The highest BCUT2D eigenvalue weighted by molar-refractivity contribution is 6.37. The molecule has 2 atom stereocenters. The number of halogens is 3. The maximum Gasteiger partial charge on any atom is 0.326 e. The molecular weight excluding hydrogens is 327 g/mol. The van der Waals surface area contributed by atoms with Gasteiger partial charge in [0.1, 0.15) is 28.1 Å². The second-order valence-electron chi connectivity index (χ2n) is 5.14. The lowest BCUT2D eigenvalue weighted by molar-refractivity contribution is -0.159. The van der Waals surface area contributed by atoms with Gasteiger partial charge in [0.25, 0.3) is 0 Å². The summed E-state index contributed by atoms with van der Waals surface area (Å²) in [6.07, 6.45) is -1.45. The van der Waals surface area contributed by atoms with E-state index in [0.717, 1.165) is 0 Å². The SMILES string of the molecule is CC(C)(C)OC(=O)C(N)C(O)c1c(Cl)cc(Cl)nc1Cl. The molecule has 0 fully saturated rings. The first-order valence-corrected chi connectivity index (χ1v) is 6.84. The molecule has 2 unspecified atom stereocenters. The highest BCUT2D eigenvalue weighted by Crippen LogP contribution is 2.32. The molecule has 0 saturated carbocycles. The highest BCUT2D eigenvalue weighted by Gasteiger charge is 2.32. The third kappa shape index (κ3) is 4.46. The monoisotopic (exact) mass is 340 g/mol. The predicted octanol–water partition coefficient (Wildman–Crippen LogP) is 2.74. The Kier molecular flexibility index (Phi) is 5.63. The molecular formula is C12H15Cl3N2O3. The molecule has 112 valence electrons. The minimum Gasteiger partial charge on any atom is -0.459 e. The van der Waals surface area contributed by atoms with E-state index in [0.29, 0.717) is 0 Å². The average molecular weight is 342 g/mol. The molecule has 3 N–H and O–H groups in total. The van der Waals surface area contributed by atoms with Crippen LogP contribution in [0.5, 0.6) is 0 Å². The molecule has 5 nitrogen and oxygen atoms in total. The number of nitrogens with zero attached hydrogens (tertiary/aromatic N) is 1. The molecule has 0 aromatic carbocycles. The molecule has 0 radical (unpaired) electrons. The number of hydrogen-bond donors (Lipinski definition) is 2. The number of rotatable bonds is 3. The first-order valence-electron chi connectivity index (χ1n) is 5.71. The van der Waals surface area contributed by atoms with Crippen molar-refractivity contribution in [3.8, 4) is 0 Å². The van der Waals surface area contributed by atoms with Gasteiger partial charge in [0.2, 0.25) is 0 Å². The van der Waals surface area contributed by atoms with E-state index in [2.05, 4.69) is 4.98 Å². The topological polar surface area (TPSA) is 85.4 Å². The number of esters is 1. The Labute approximate surface area is 132 Å². The van der Waals surface area contributed by atoms with E-state index < -0.39 is 23.7 Å². The molecule has 0 aliphatic carbocycles. The quantitative estimate of drug-likeness (QED) is 0.652. The van der Waals surface area contributed by atoms with Crippen molar-refractivity contribution in [1.29, 1.82) is 0 Å². The molecule has 1 rings (SSSR count). The van der Waals surface area contributed by atoms with Gasteiger partial charge in [-0.2, -0.15) is 0 Å². The van der Waals surface area contributed by atoms with Crippen LogP contribution in [0, 0.1) is 0 Å². The number of aliphatic hydroxyl groups excluding tert-OH is 1. The van der Waals surface area contributed by atoms with E-state index in [1.165, 1.54) is 6.07 Å². The molecule has 8 heteroatoms. The number of aromatic nitrogens is 1. The lowest BCUT2D eigenvalue weighted by atomic mass is 10.0. The normalized spacial score (nSPS) is 14.8. The fourth-order valence-corrected chi connectivity index (χ4v) is 2.36. The van der Waals surface area contributed by atoms with Crippen LogP contribution in [-0.2, 0) is 9.53 Å². The van der Waals surface area contributed by atoms with Crippen molar-refractivity contribution < 1.29 is 14.6 Å². The smallest absolute Gasteiger partial charge is 0.326 e. The Bertz CT molecular complexity index is 494. The standard InChI is InChI=1S/C12H15Cl3N2O3/c1-12(2,3)20-11(19)8(16)9(18)7-5(13)4-6(14)17-10(7)15/h4,8-9,18H,16H2,1-3H3. The number of pyridine rings is 1. The van der Waals surface area contributed by atoms with E-state index in [4.69, 9.17) is 45.3 Å². The van der Waals surface area contributed by atoms with Crippen LogP contribution in [0.25, 0.3) is 0 Å². The molecule has 0 aliphatic rings. The van der Waals surface area contributed by atoms with Crippen LogP contribution in [0.3, 0.4) is 0 Å². The lowest BCUT2D eigenvalue weighted by Gasteiger charge is -2.25. The maximum absolute atomic E-state index is 11.8. The van der Waals surface area contributed by atoms with Crippen LogP contribution in [0.2, 0.25) is 15.3 Å². The van der Waals surface area contributed by atoms with Crippen molar-refractivity contribution >= 4 is 40.8 Å². The zero-order chi connectivity index (χ0) is 15.7. The predicted molar refractivity (Wildman–Crippen MR) is 78.0 cm³/mol. The van der Waals surface area contributed by atoms with Crippen LogP contribution < -0.4 is 5.73 Å². The van der Waals surface area contributed by atoms with Crippen LogP contribution in [0.15, 0.2) is 6.07 Å². The van der Waals surface area contributed by atoms with Gasteiger partial charge in [-0.25, -0.2) is 4.98 Å². The van der Waals surface area contributed by atoms with Crippen molar-refractivity contribution in [2.24, 2.45) is 5.73 Å². The summed E-state index contributed by atoms with van der Waals surface area (Å²) >= 11 is 17.5. The van der Waals surface area contributed by atoms with Gasteiger partial charge in [-0.15, -0.1) is 0 Å². The van der Waals surface area contributed by atoms with Gasteiger partial charge in [0, 0.05) is 5.56 Å². The number of carbonyl (C=O) groups is 1. The van der Waals surface area contributed by atoms with Gasteiger partial charge in [0.15, 0.2) is 0 Å². The Morgan fingerprint density at radius 2 is 1.95 bits per heavy atom. The summed E-state index contributed by atoms with van der Waals surface area (Å²) in [5.74, 6) is -0.771. The molecule has 0 aliphatic heterocycles. The lowest BCUT2D eigenvalue weighted by Crippen LogP contribution is -2.41. The Hall–Kier alpha value is -0.590. The molecule has 0 amide bonds. The minimum absolute atomic E-state index is 0.0380. The molecule has 0 spiro atoms. The van der Waals surface area contributed by atoms with E-state index in [1.54, 1.807) is 20.8 Å². The van der Waals surface area contributed by atoms with Gasteiger partial charge < -0.3 is 15.6 Å². The fraction of sp³-hybridized carbons (Fsp3) is 0.500. The van der Waals surface area contributed by atoms with Crippen LogP contribution in [0.4, 0.5) is 0 Å². The first-order chi connectivity index (χ1) is 9.03. The van der Waals surface area contributed by atoms with Crippen LogP contribution in [-0.4, -0.2) is 27.7 Å². The van der Waals surface area contributed by atoms with Crippen molar-refractivity contribution in [2.45, 2.75) is 38.5 Å². The highest BCUT2D eigenvalue weighted by atomic mass is 35.5. The molecule has 0 saturated heterocycles. The fourth-order valence-electron chi connectivity index (χ4n) is 1.41. The summed E-state index contributed by atoms with van der Waals surface area (Å²) in [6, 6.07) is -0.0396. The third-order valence-corrected chi connectivity index (χ3v) is 3.04. The van der Waals surface area contributed by atoms with Crippen molar-refractivity contribution in [1.82, 2.24) is 4.98 Å². The first kappa shape index (κ1) is 17.5. The van der Waals surface area contributed by atoms with Crippen molar-refractivity contribution in [3.05, 3.63) is 27.0 Å². The van der Waals surface area contributed by atoms with Crippen LogP contribution in [0.1, 0.15) is 32.4 Å². The summed E-state index contributed by atoms with van der Waals surface area (Å²) in [5, 5.41) is 10.2. The van der Waals surface area contributed by atoms with E-state index in [1.807, 2.05) is 0 Å². The average Bonchev–Trinajstić information content (AvgIpc) is 2.23. The Morgan fingerprint density at radius 1 is 1.40 bits per heavy atom. The van der Waals surface area contributed by atoms with Crippen LogP contribution >= 0.6 is 34.8 Å². The summed E-state index contributed by atoms with van der Waals surface area (Å²) in [5.41, 5.74) is 4.99. The summed E-state index contributed by atoms with van der Waals surface area (Å²) < 4.78 is 5.09. The number of carbonyl (C=O) groups excluding carboxylic acids is 1. The Morgan fingerprint density at radius 3 is 2.40 bits per heavy atom. The van der Waals surface area contributed by atoms with Gasteiger partial charge in [0.05, 0.1) is 5.02 Å². The van der Waals surface area contributed by atoms with Gasteiger partial charge in [-0.3, -0.25) is 4.79 Å². The zero-order valence-electron chi connectivity index (χ0n) is 11.2. The third-order valence-electron chi connectivity index (χ3n) is 2.25. The molecule has 20 heavy (non-hydrogen) atoms. The number of nitrogens with two attached hydrogens (primary N) is 1. The largest absolute Gasteiger partial charge is 0.459 e. The number of ether oxygens (including phenoxy) is 1. The second-order valence-corrected chi connectivity index (χ2v) is 6.29. The van der Waals surface area contributed by atoms with E-state index in [9.17, 15) is 9.90 Å². The van der Waals surface area contributed by atoms with Gasteiger partial charge in [-0.1, -0.05) is 34.8 Å². The minimum atomic E-state index is -1.45.